The zero-order valence-corrected chi connectivity index (χ0v) is 18.3. The van der Waals surface area contributed by atoms with Crippen molar-refractivity contribution in [3.05, 3.63) is 59.7 Å². The number of primary amides is 1. The molecule has 0 spiro atoms. The molecule has 156 valence electrons. The lowest BCUT2D eigenvalue weighted by Gasteiger charge is -2.19. The van der Waals surface area contributed by atoms with Gasteiger partial charge in [0.05, 0.1) is 17.0 Å². The number of nitrogens with one attached hydrogen (secondary N) is 1. The van der Waals surface area contributed by atoms with Gasteiger partial charge < -0.3 is 15.6 Å². The van der Waals surface area contributed by atoms with E-state index in [9.17, 15) is 9.59 Å². The number of para-hydroxylation sites is 1. The Morgan fingerprint density at radius 3 is 2.37 bits per heavy atom. The van der Waals surface area contributed by atoms with E-state index in [-0.39, 0.29) is 22.6 Å². The Hall–Kier alpha value is -3.13. The van der Waals surface area contributed by atoms with Crippen LogP contribution < -0.4 is 11.1 Å². The quantitative estimate of drug-likeness (QED) is 0.590. The largest absolute Gasteiger partial charge is 0.366 e. The van der Waals surface area contributed by atoms with E-state index in [0.717, 1.165) is 11.4 Å². The smallest absolute Gasteiger partial charge is 0.250 e. The van der Waals surface area contributed by atoms with Crippen molar-refractivity contribution in [3.8, 4) is 11.4 Å². The average molecular weight is 424 g/mol. The van der Waals surface area contributed by atoms with E-state index in [1.165, 1.54) is 17.3 Å². The minimum absolute atomic E-state index is 0.0833. The first kappa shape index (κ1) is 21.6. The van der Waals surface area contributed by atoms with Crippen LogP contribution in [-0.4, -0.2) is 32.3 Å². The van der Waals surface area contributed by atoms with Crippen LogP contribution in [0.15, 0.2) is 53.7 Å². The Labute approximate surface area is 180 Å². The van der Waals surface area contributed by atoms with Gasteiger partial charge in [-0.2, -0.15) is 0 Å². The molecule has 2 aromatic carbocycles. The standard InChI is InChI=1S/C22H25N5O2S/c1-22(2,3)15-11-9-14(10-12-15)20-25-26-21(27(20)4)30-13-18(28)24-17-8-6-5-7-16(17)19(23)29/h5-12H,13H2,1-4H3,(H2,23,29)(H,24,28). The zero-order chi connectivity index (χ0) is 21.9. The molecule has 0 aliphatic carbocycles. The molecule has 3 N–H and O–H groups in total. The van der Waals surface area contributed by atoms with Gasteiger partial charge in [0.15, 0.2) is 11.0 Å². The lowest BCUT2D eigenvalue weighted by molar-refractivity contribution is -0.113. The van der Waals surface area contributed by atoms with Crippen LogP contribution in [0.4, 0.5) is 5.69 Å². The van der Waals surface area contributed by atoms with E-state index in [1.807, 2.05) is 23.7 Å². The molecule has 1 heterocycles. The van der Waals surface area contributed by atoms with Crippen molar-refractivity contribution in [2.45, 2.75) is 31.3 Å². The molecule has 0 bridgehead atoms. The first-order valence-electron chi connectivity index (χ1n) is 9.48. The van der Waals surface area contributed by atoms with E-state index >= 15 is 0 Å². The highest BCUT2D eigenvalue weighted by molar-refractivity contribution is 7.99. The van der Waals surface area contributed by atoms with Crippen LogP contribution in [-0.2, 0) is 17.3 Å². The van der Waals surface area contributed by atoms with Crippen LogP contribution in [0.3, 0.4) is 0 Å². The van der Waals surface area contributed by atoms with Crippen molar-refractivity contribution in [2.75, 3.05) is 11.1 Å². The molecule has 8 heteroatoms. The topological polar surface area (TPSA) is 103 Å². The Morgan fingerprint density at radius 2 is 1.73 bits per heavy atom. The first-order chi connectivity index (χ1) is 14.2. The van der Waals surface area contributed by atoms with Crippen molar-refractivity contribution in [1.29, 1.82) is 0 Å². The summed E-state index contributed by atoms with van der Waals surface area (Å²) in [5.74, 6) is 0.0152. The minimum atomic E-state index is -0.589. The van der Waals surface area contributed by atoms with Gasteiger partial charge in [-0.25, -0.2) is 0 Å². The minimum Gasteiger partial charge on any atom is -0.366 e. The molecule has 0 aliphatic rings. The molecule has 1 aromatic heterocycles. The molecular weight excluding hydrogens is 398 g/mol. The molecule has 0 saturated carbocycles. The Balaban J connectivity index is 1.67. The van der Waals surface area contributed by atoms with Gasteiger partial charge in [0, 0.05) is 12.6 Å². The molecule has 7 nitrogen and oxygen atoms in total. The predicted octanol–water partition coefficient (Wildman–Crippen LogP) is 3.61. The van der Waals surface area contributed by atoms with Crippen LogP contribution in [0.2, 0.25) is 0 Å². The number of carbonyl (C=O) groups excluding carboxylic acids is 2. The number of rotatable bonds is 6. The van der Waals surface area contributed by atoms with Gasteiger partial charge in [-0.05, 0) is 23.1 Å². The summed E-state index contributed by atoms with van der Waals surface area (Å²) in [5, 5.41) is 11.8. The maximum atomic E-state index is 12.3. The Morgan fingerprint density at radius 1 is 1.07 bits per heavy atom. The second-order valence-electron chi connectivity index (χ2n) is 7.94. The summed E-state index contributed by atoms with van der Waals surface area (Å²) < 4.78 is 1.86. The molecule has 0 aliphatic heterocycles. The van der Waals surface area contributed by atoms with Gasteiger partial charge in [-0.15, -0.1) is 10.2 Å². The van der Waals surface area contributed by atoms with E-state index in [2.05, 4.69) is 48.4 Å². The number of nitrogens with zero attached hydrogens (tertiary/aromatic N) is 3. The van der Waals surface area contributed by atoms with E-state index < -0.39 is 5.91 Å². The maximum absolute atomic E-state index is 12.3. The van der Waals surface area contributed by atoms with Gasteiger partial charge in [-0.1, -0.05) is 68.9 Å². The number of aromatic nitrogens is 3. The fourth-order valence-corrected chi connectivity index (χ4v) is 3.65. The van der Waals surface area contributed by atoms with Crippen molar-refractivity contribution in [1.82, 2.24) is 14.8 Å². The normalized spacial score (nSPS) is 11.3. The SMILES string of the molecule is Cn1c(SCC(=O)Nc2ccccc2C(N)=O)nnc1-c1ccc(C(C)(C)C)cc1. The Kier molecular flexibility index (Phi) is 6.26. The van der Waals surface area contributed by atoms with Crippen LogP contribution in [0, 0.1) is 0 Å². The molecule has 3 aromatic rings. The summed E-state index contributed by atoms with van der Waals surface area (Å²) in [6, 6.07) is 14.9. The summed E-state index contributed by atoms with van der Waals surface area (Å²) >= 11 is 1.27. The van der Waals surface area contributed by atoms with Gasteiger partial charge >= 0.3 is 0 Å². The van der Waals surface area contributed by atoms with Gasteiger partial charge in [0.1, 0.15) is 0 Å². The van der Waals surface area contributed by atoms with Crippen LogP contribution >= 0.6 is 11.8 Å². The molecule has 0 saturated heterocycles. The van der Waals surface area contributed by atoms with Crippen LogP contribution in [0.5, 0.6) is 0 Å². The highest BCUT2D eigenvalue weighted by Gasteiger charge is 2.17. The van der Waals surface area contributed by atoms with Gasteiger partial charge in [0.25, 0.3) is 5.91 Å². The number of carbonyl (C=O) groups is 2. The zero-order valence-electron chi connectivity index (χ0n) is 17.5. The third kappa shape index (κ3) is 4.88. The van der Waals surface area contributed by atoms with E-state index in [0.29, 0.717) is 10.8 Å². The van der Waals surface area contributed by atoms with E-state index in [4.69, 9.17) is 5.73 Å². The van der Waals surface area contributed by atoms with Crippen LogP contribution in [0.25, 0.3) is 11.4 Å². The number of anilines is 1. The molecule has 2 amide bonds. The summed E-state index contributed by atoms with van der Waals surface area (Å²) in [4.78, 5) is 23.8. The van der Waals surface area contributed by atoms with Crippen molar-refractivity contribution in [3.63, 3.8) is 0 Å². The van der Waals surface area contributed by atoms with Crippen LogP contribution in [0.1, 0.15) is 36.7 Å². The fourth-order valence-electron chi connectivity index (χ4n) is 2.93. The fraction of sp³-hybridized carbons (Fsp3) is 0.273. The third-order valence-corrected chi connectivity index (χ3v) is 5.66. The predicted molar refractivity (Wildman–Crippen MR) is 119 cm³/mol. The van der Waals surface area contributed by atoms with Crippen molar-refractivity contribution in [2.24, 2.45) is 12.8 Å². The van der Waals surface area contributed by atoms with E-state index in [1.54, 1.807) is 24.3 Å². The first-order valence-corrected chi connectivity index (χ1v) is 10.5. The number of hydrogen-bond acceptors (Lipinski definition) is 5. The monoisotopic (exact) mass is 423 g/mol. The number of nitrogens with two attached hydrogens (primary N) is 1. The van der Waals surface area contributed by atoms with Gasteiger partial charge in [-0.3, -0.25) is 9.59 Å². The summed E-state index contributed by atoms with van der Waals surface area (Å²) in [5.41, 5.74) is 8.31. The molecule has 0 atom stereocenters. The molecule has 30 heavy (non-hydrogen) atoms. The van der Waals surface area contributed by atoms with Crippen molar-refractivity contribution < 1.29 is 9.59 Å². The van der Waals surface area contributed by atoms with Crippen molar-refractivity contribution >= 4 is 29.3 Å². The van der Waals surface area contributed by atoms with Gasteiger partial charge in [0.2, 0.25) is 5.91 Å². The summed E-state index contributed by atoms with van der Waals surface area (Å²) in [6.45, 7) is 6.52. The number of hydrogen-bond donors (Lipinski definition) is 2. The Bertz CT molecular complexity index is 1070. The highest BCUT2D eigenvalue weighted by Crippen LogP contribution is 2.27. The second kappa shape index (κ2) is 8.71. The highest BCUT2D eigenvalue weighted by atomic mass is 32.2. The average Bonchev–Trinajstić information content (AvgIpc) is 3.06. The lowest BCUT2D eigenvalue weighted by Crippen LogP contribution is -2.19. The molecule has 0 fully saturated rings. The number of benzene rings is 2. The molecule has 0 radical (unpaired) electrons. The third-order valence-electron chi connectivity index (χ3n) is 4.64. The lowest BCUT2D eigenvalue weighted by atomic mass is 9.87. The summed E-state index contributed by atoms with van der Waals surface area (Å²) in [6.07, 6.45) is 0. The maximum Gasteiger partial charge on any atom is 0.250 e. The second-order valence-corrected chi connectivity index (χ2v) is 8.88. The molecule has 0 unspecified atom stereocenters. The number of amides is 2. The summed E-state index contributed by atoms with van der Waals surface area (Å²) in [7, 11) is 1.87. The molecule has 3 rings (SSSR count). The molecular formula is C22H25N5O2S. The number of thioether (sulfide) groups is 1.